The van der Waals surface area contributed by atoms with E-state index < -0.39 is 11.7 Å². The van der Waals surface area contributed by atoms with E-state index in [-0.39, 0.29) is 5.92 Å². The predicted molar refractivity (Wildman–Crippen MR) is 78.5 cm³/mol. The van der Waals surface area contributed by atoms with E-state index in [2.05, 4.69) is 0 Å². The molecule has 0 amide bonds. The van der Waals surface area contributed by atoms with Gasteiger partial charge in [-0.1, -0.05) is 19.1 Å². The van der Waals surface area contributed by atoms with Crippen LogP contribution in [-0.4, -0.2) is 14.2 Å². The predicted octanol–water partition coefficient (Wildman–Crippen LogP) is 4.87. The highest BCUT2D eigenvalue weighted by molar-refractivity contribution is 5.43. The first-order valence-corrected chi connectivity index (χ1v) is 6.75. The van der Waals surface area contributed by atoms with Crippen molar-refractivity contribution in [1.82, 2.24) is 0 Å². The van der Waals surface area contributed by atoms with Crippen molar-refractivity contribution in [2.75, 3.05) is 14.2 Å². The third-order valence-electron chi connectivity index (χ3n) is 3.61. The van der Waals surface area contributed by atoms with Gasteiger partial charge in [-0.25, -0.2) is 0 Å². The summed E-state index contributed by atoms with van der Waals surface area (Å²) in [5.74, 6) is 1.22. The molecule has 0 aromatic heterocycles. The quantitative estimate of drug-likeness (QED) is 0.801. The van der Waals surface area contributed by atoms with Gasteiger partial charge in [0.25, 0.3) is 0 Å². The standard InChI is InChI=1S/C17H17F3O2/c1-11(12-4-6-14(7-5-12)17(18,19)20)13-8-15(21-2)10-16(9-13)22-3/h4-11H,1-3H3/t11-/m1/s1. The van der Waals surface area contributed by atoms with Crippen molar-refractivity contribution in [2.45, 2.75) is 19.0 Å². The second-order valence-corrected chi connectivity index (χ2v) is 4.99. The topological polar surface area (TPSA) is 18.5 Å². The van der Waals surface area contributed by atoms with Crippen molar-refractivity contribution in [2.24, 2.45) is 0 Å². The van der Waals surface area contributed by atoms with E-state index in [0.717, 1.165) is 23.3 Å². The van der Waals surface area contributed by atoms with Crippen LogP contribution in [0.1, 0.15) is 29.5 Å². The summed E-state index contributed by atoms with van der Waals surface area (Å²) in [5, 5.41) is 0. The zero-order valence-electron chi connectivity index (χ0n) is 12.6. The molecule has 22 heavy (non-hydrogen) atoms. The van der Waals surface area contributed by atoms with Crippen LogP contribution in [0, 0.1) is 0 Å². The van der Waals surface area contributed by atoms with Crippen LogP contribution in [-0.2, 0) is 6.18 Å². The largest absolute Gasteiger partial charge is 0.497 e. The number of methoxy groups -OCH3 is 2. The van der Waals surface area contributed by atoms with Crippen LogP contribution in [0.4, 0.5) is 13.2 Å². The second kappa shape index (κ2) is 6.30. The van der Waals surface area contributed by atoms with E-state index in [1.807, 2.05) is 19.1 Å². The minimum absolute atomic E-state index is 0.0775. The van der Waals surface area contributed by atoms with Crippen LogP contribution >= 0.6 is 0 Å². The summed E-state index contributed by atoms with van der Waals surface area (Å²) in [6.07, 6.45) is -4.32. The van der Waals surface area contributed by atoms with Crippen molar-refractivity contribution in [3.8, 4) is 11.5 Å². The molecule has 118 valence electrons. The number of rotatable bonds is 4. The number of halogens is 3. The highest BCUT2D eigenvalue weighted by atomic mass is 19.4. The first-order chi connectivity index (χ1) is 10.3. The van der Waals surface area contributed by atoms with Crippen LogP contribution in [0.5, 0.6) is 11.5 Å². The van der Waals surface area contributed by atoms with Gasteiger partial charge in [-0.3, -0.25) is 0 Å². The average Bonchev–Trinajstić information content (AvgIpc) is 2.52. The minimum Gasteiger partial charge on any atom is -0.497 e. The molecule has 0 N–H and O–H groups in total. The maximum atomic E-state index is 12.6. The Morgan fingerprint density at radius 2 is 1.32 bits per heavy atom. The van der Waals surface area contributed by atoms with Crippen LogP contribution in [0.25, 0.3) is 0 Å². The highest BCUT2D eigenvalue weighted by Crippen LogP contribution is 2.33. The summed E-state index contributed by atoms with van der Waals surface area (Å²) < 4.78 is 48.3. The number of alkyl halides is 3. The fourth-order valence-electron chi connectivity index (χ4n) is 2.23. The lowest BCUT2D eigenvalue weighted by molar-refractivity contribution is -0.137. The minimum atomic E-state index is -4.32. The normalized spacial score (nSPS) is 12.8. The van der Waals surface area contributed by atoms with E-state index in [0.29, 0.717) is 11.5 Å². The van der Waals surface area contributed by atoms with Gasteiger partial charge in [-0.15, -0.1) is 0 Å². The molecule has 0 unspecified atom stereocenters. The Balaban J connectivity index is 2.33. The maximum absolute atomic E-state index is 12.6. The van der Waals surface area contributed by atoms with Crippen LogP contribution in [0.2, 0.25) is 0 Å². The van der Waals surface area contributed by atoms with Gasteiger partial charge < -0.3 is 9.47 Å². The monoisotopic (exact) mass is 310 g/mol. The zero-order valence-corrected chi connectivity index (χ0v) is 12.6. The Kier molecular flexibility index (Phi) is 4.64. The molecule has 0 aliphatic heterocycles. The molecule has 5 heteroatoms. The third-order valence-corrected chi connectivity index (χ3v) is 3.61. The molecule has 0 saturated heterocycles. The summed E-state index contributed by atoms with van der Waals surface area (Å²) in [6.45, 7) is 1.93. The molecule has 2 aromatic carbocycles. The molecule has 1 atom stereocenters. The first kappa shape index (κ1) is 16.2. The maximum Gasteiger partial charge on any atom is 0.416 e. The lowest BCUT2D eigenvalue weighted by atomic mass is 9.92. The summed E-state index contributed by atoms with van der Waals surface area (Å²) in [7, 11) is 3.11. The molecule has 0 heterocycles. The van der Waals surface area contributed by atoms with Crippen molar-refractivity contribution < 1.29 is 22.6 Å². The van der Waals surface area contributed by atoms with Gasteiger partial charge >= 0.3 is 6.18 Å². The van der Waals surface area contributed by atoms with Gasteiger partial charge in [0.05, 0.1) is 19.8 Å². The van der Waals surface area contributed by atoms with Crippen molar-refractivity contribution in [3.63, 3.8) is 0 Å². The van der Waals surface area contributed by atoms with Crippen LogP contribution < -0.4 is 9.47 Å². The Hall–Kier alpha value is -2.17. The lowest BCUT2D eigenvalue weighted by Gasteiger charge is -2.16. The molecule has 0 fully saturated rings. The Labute approximate surface area is 127 Å². The second-order valence-electron chi connectivity index (χ2n) is 4.99. The highest BCUT2D eigenvalue weighted by Gasteiger charge is 2.30. The molecular formula is C17H17F3O2. The fraction of sp³-hybridized carbons (Fsp3) is 0.294. The molecule has 0 radical (unpaired) electrons. The van der Waals surface area contributed by atoms with E-state index in [9.17, 15) is 13.2 Å². The first-order valence-electron chi connectivity index (χ1n) is 6.75. The van der Waals surface area contributed by atoms with Gasteiger partial charge in [0, 0.05) is 12.0 Å². The molecule has 0 aliphatic carbocycles. The summed E-state index contributed by atoms with van der Waals surface area (Å²) in [6, 6.07) is 10.7. The SMILES string of the molecule is COc1cc(OC)cc([C@H](C)c2ccc(C(F)(F)F)cc2)c1. The van der Waals surface area contributed by atoms with Crippen LogP contribution in [0.15, 0.2) is 42.5 Å². The number of benzene rings is 2. The number of ether oxygens (including phenoxy) is 2. The molecule has 0 aliphatic rings. The van der Waals surface area contributed by atoms with Crippen LogP contribution in [0.3, 0.4) is 0 Å². The van der Waals surface area contributed by atoms with E-state index in [1.165, 1.54) is 12.1 Å². The van der Waals surface area contributed by atoms with E-state index in [4.69, 9.17) is 9.47 Å². The smallest absolute Gasteiger partial charge is 0.416 e. The fourth-order valence-corrected chi connectivity index (χ4v) is 2.23. The third kappa shape index (κ3) is 3.53. The van der Waals surface area contributed by atoms with E-state index in [1.54, 1.807) is 20.3 Å². The number of hydrogen-bond acceptors (Lipinski definition) is 2. The summed E-state index contributed by atoms with van der Waals surface area (Å²) in [4.78, 5) is 0. The summed E-state index contributed by atoms with van der Waals surface area (Å²) >= 11 is 0. The molecule has 2 aromatic rings. The molecule has 0 spiro atoms. The molecule has 0 saturated carbocycles. The Bertz CT molecular complexity index is 611. The molecule has 0 bridgehead atoms. The van der Waals surface area contributed by atoms with Crippen molar-refractivity contribution in [3.05, 3.63) is 59.2 Å². The van der Waals surface area contributed by atoms with Crippen molar-refractivity contribution in [1.29, 1.82) is 0 Å². The number of hydrogen-bond donors (Lipinski definition) is 0. The molecule has 2 nitrogen and oxygen atoms in total. The van der Waals surface area contributed by atoms with Gasteiger partial charge in [0.2, 0.25) is 0 Å². The Morgan fingerprint density at radius 1 is 0.818 bits per heavy atom. The lowest BCUT2D eigenvalue weighted by Crippen LogP contribution is -2.05. The van der Waals surface area contributed by atoms with Gasteiger partial charge in [0.15, 0.2) is 0 Å². The molecule has 2 rings (SSSR count). The Morgan fingerprint density at radius 3 is 1.73 bits per heavy atom. The van der Waals surface area contributed by atoms with Gasteiger partial charge in [-0.05, 0) is 35.4 Å². The summed E-state index contributed by atoms with van der Waals surface area (Å²) in [5.41, 5.74) is 1.06. The van der Waals surface area contributed by atoms with Gasteiger partial charge in [-0.2, -0.15) is 13.2 Å². The molecular weight excluding hydrogens is 293 g/mol. The van der Waals surface area contributed by atoms with Crippen molar-refractivity contribution >= 4 is 0 Å². The average molecular weight is 310 g/mol. The van der Waals surface area contributed by atoms with E-state index >= 15 is 0 Å². The zero-order chi connectivity index (χ0) is 16.3. The van der Waals surface area contributed by atoms with Gasteiger partial charge in [0.1, 0.15) is 11.5 Å².